The lowest BCUT2D eigenvalue weighted by molar-refractivity contribution is -0.227. The van der Waals surface area contributed by atoms with Crippen molar-refractivity contribution < 1.29 is 14.2 Å². The van der Waals surface area contributed by atoms with E-state index >= 15 is 0 Å². The number of hydrogen-bond acceptors (Lipinski definition) is 9. The number of hydrogen-bond donors (Lipinski definition) is 6. The molecule has 0 spiro atoms. The maximum Gasteiger partial charge on any atom is 0.0637 e. The van der Waals surface area contributed by atoms with Crippen LogP contribution in [0.1, 0.15) is 111 Å². The van der Waals surface area contributed by atoms with Crippen LogP contribution in [-0.2, 0) is 14.2 Å². The smallest absolute Gasteiger partial charge is 0.0637 e. The lowest BCUT2D eigenvalue weighted by Crippen LogP contribution is -2.63. The Labute approximate surface area is 294 Å². The minimum Gasteiger partial charge on any atom is -0.378 e. The molecule has 11 atom stereocenters. The Bertz CT molecular complexity index is 885. The van der Waals surface area contributed by atoms with Crippen LogP contribution in [0, 0.1) is 46.3 Å². The van der Waals surface area contributed by atoms with E-state index in [-0.39, 0.29) is 11.5 Å². The highest BCUT2D eigenvalue weighted by Crippen LogP contribution is 2.69. The summed E-state index contributed by atoms with van der Waals surface area (Å²) >= 11 is 0. The number of rotatable bonds is 24. The maximum absolute atomic E-state index is 7.02. The van der Waals surface area contributed by atoms with Crippen LogP contribution in [0.25, 0.3) is 0 Å². The molecular weight excluding hydrogens is 600 g/mol. The highest BCUT2D eigenvalue weighted by atomic mass is 16.5. The third-order valence-electron chi connectivity index (χ3n) is 13.8. The van der Waals surface area contributed by atoms with Crippen molar-refractivity contribution in [3.05, 3.63) is 0 Å². The zero-order chi connectivity index (χ0) is 34.4. The van der Waals surface area contributed by atoms with Gasteiger partial charge in [-0.15, -0.1) is 0 Å². The standard InChI is InChI=1S/C39H78N6O3/c1-29(10-4-19-44-21-9-22-45-20-5-15-40)32-11-12-33-37-34(28-36(39(32,33)3)48-25-8-18-43)38(2)14-13-31(46-23-6-16-41)26-30(38)27-35(37)47-24-7-17-42/h29-37,44-45H,4-28,40-43H2,1-3H3/t29-,30?,31-,32-,33+,34+,35-,36+,37+,38+,39-/m1/s1. The third-order valence-corrected chi connectivity index (χ3v) is 13.8. The number of nitrogens with two attached hydrogens (primary N) is 4. The van der Waals surface area contributed by atoms with Crippen LogP contribution in [0.5, 0.6) is 0 Å². The van der Waals surface area contributed by atoms with Gasteiger partial charge in [-0.05, 0) is 183 Å². The second kappa shape index (κ2) is 20.6. The summed E-state index contributed by atoms with van der Waals surface area (Å²) in [7, 11) is 0. The van der Waals surface area contributed by atoms with E-state index in [1.807, 2.05) is 0 Å². The van der Waals surface area contributed by atoms with Gasteiger partial charge in [-0.1, -0.05) is 20.8 Å². The van der Waals surface area contributed by atoms with Gasteiger partial charge in [0.2, 0.25) is 0 Å². The molecule has 4 fully saturated rings. The highest BCUT2D eigenvalue weighted by Gasteiger charge is 2.66. The van der Waals surface area contributed by atoms with Gasteiger partial charge in [-0.25, -0.2) is 0 Å². The topological polar surface area (TPSA) is 156 Å². The summed E-state index contributed by atoms with van der Waals surface area (Å²) in [5.74, 6) is 3.83. The van der Waals surface area contributed by atoms with Gasteiger partial charge in [0.1, 0.15) is 0 Å². The first-order valence-corrected chi connectivity index (χ1v) is 20.4. The van der Waals surface area contributed by atoms with E-state index in [0.29, 0.717) is 72.8 Å². The Morgan fingerprint density at radius 2 is 1.29 bits per heavy atom. The van der Waals surface area contributed by atoms with Crippen LogP contribution in [0.4, 0.5) is 0 Å². The molecule has 0 aromatic carbocycles. The van der Waals surface area contributed by atoms with Crippen molar-refractivity contribution >= 4 is 0 Å². The Hall–Kier alpha value is -0.360. The van der Waals surface area contributed by atoms with Crippen molar-refractivity contribution in [1.29, 1.82) is 0 Å². The first-order chi connectivity index (χ1) is 23.3. The summed E-state index contributed by atoms with van der Waals surface area (Å²) in [5, 5.41) is 7.19. The summed E-state index contributed by atoms with van der Waals surface area (Å²) in [5.41, 5.74) is 23.8. The van der Waals surface area contributed by atoms with E-state index in [4.69, 9.17) is 37.1 Å². The summed E-state index contributed by atoms with van der Waals surface area (Å²) in [6.45, 7) is 17.3. The molecule has 10 N–H and O–H groups in total. The fourth-order valence-electron chi connectivity index (χ4n) is 11.2. The molecular formula is C39H78N6O3. The Kier molecular flexibility index (Phi) is 17.4. The zero-order valence-electron chi connectivity index (χ0n) is 31.4. The Balaban J connectivity index is 1.46. The molecule has 48 heavy (non-hydrogen) atoms. The van der Waals surface area contributed by atoms with Gasteiger partial charge in [0.25, 0.3) is 0 Å². The molecule has 0 aromatic heterocycles. The minimum absolute atomic E-state index is 0.166. The molecule has 9 nitrogen and oxygen atoms in total. The van der Waals surface area contributed by atoms with Gasteiger partial charge >= 0.3 is 0 Å². The average molecular weight is 679 g/mol. The van der Waals surface area contributed by atoms with Crippen molar-refractivity contribution in [2.75, 3.05) is 72.2 Å². The largest absolute Gasteiger partial charge is 0.378 e. The monoisotopic (exact) mass is 679 g/mol. The van der Waals surface area contributed by atoms with E-state index < -0.39 is 0 Å². The van der Waals surface area contributed by atoms with Crippen molar-refractivity contribution in [2.45, 2.75) is 129 Å². The summed E-state index contributed by atoms with van der Waals surface area (Å²) in [4.78, 5) is 0. The lowest BCUT2D eigenvalue weighted by Gasteiger charge is -2.65. The second-order valence-corrected chi connectivity index (χ2v) is 16.6. The molecule has 0 amide bonds. The van der Waals surface area contributed by atoms with Crippen molar-refractivity contribution in [1.82, 2.24) is 10.6 Å². The molecule has 4 aliphatic rings. The molecule has 0 heterocycles. The highest BCUT2D eigenvalue weighted by molar-refractivity contribution is 5.15. The molecule has 0 bridgehead atoms. The molecule has 0 aromatic rings. The molecule has 4 rings (SSSR count). The molecule has 4 saturated carbocycles. The van der Waals surface area contributed by atoms with E-state index in [2.05, 4.69) is 31.4 Å². The SMILES string of the molecule is C[C@H](CCCNCCCNCCCN)[C@H]1CC[C@H]2[C@@H]3[C@H](OCCCN)CC4C[C@H](OCCCN)CC[C@]4(C)[C@H]3C[C@H](OCCCN)[C@]12C. The van der Waals surface area contributed by atoms with Crippen molar-refractivity contribution in [3.8, 4) is 0 Å². The molecule has 0 saturated heterocycles. The lowest BCUT2D eigenvalue weighted by atomic mass is 9.43. The van der Waals surface area contributed by atoms with Crippen molar-refractivity contribution in [2.24, 2.45) is 69.3 Å². The van der Waals surface area contributed by atoms with Gasteiger partial charge in [0, 0.05) is 25.2 Å². The number of nitrogens with one attached hydrogen (secondary N) is 2. The van der Waals surface area contributed by atoms with E-state index in [1.54, 1.807) is 0 Å². The first-order valence-electron chi connectivity index (χ1n) is 20.4. The third kappa shape index (κ3) is 9.94. The molecule has 4 aliphatic carbocycles. The van der Waals surface area contributed by atoms with Crippen molar-refractivity contribution in [3.63, 3.8) is 0 Å². The Morgan fingerprint density at radius 1 is 0.667 bits per heavy atom. The fourth-order valence-corrected chi connectivity index (χ4v) is 11.2. The van der Waals surface area contributed by atoms with Crippen LogP contribution in [-0.4, -0.2) is 90.5 Å². The molecule has 0 aliphatic heterocycles. The van der Waals surface area contributed by atoms with Crippen LogP contribution in [0.2, 0.25) is 0 Å². The van der Waals surface area contributed by atoms with Gasteiger partial charge in [0.05, 0.1) is 18.3 Å². The van der Waals surface area contributed by atoms with Crippen LogP contribution in [0.15, 0.2) is 0 Å². The molecule has 282 valence electrons. The van der Waals surface area contributed by atoms with Crippen LogP contribution >= 0.6 is 0 Å². The van der Waals surface area contributed by atoms with E-state index in [0.717, 1.165) is 91.1 Å². The summed E-state index contributed by atoms with van der Waals surface area (Å²) in [6, 6.07) is 0. The first kappa shape index (κ1) is 40.4. The van der Waals surface area contributed by atoms with Gasteiger partial charge < -0.3 is 47.8 Å². The summed E-state index contributed by atoms with van der Waals surface area (Å²) in [6.07, 6.45) is 17.0. The predicted octanol–water partition coefficient (Wildman–Crippen LogP) is 4.40. The molecule has 0 radical (unpaired) electrons. The summed E-state index contributed by atoms with van der Waals surface area (Å²) < 4.78 is 20.3. The minimum atomic E-state index is 0.166. The van der Waals surface area contributed by atoms with Gasteiger partial charge in [-0.2, -0.15) is 0 Å². The van der Waals surface area contributed by atoms with Gasteiger partial charge in [0.15, 0.2) is 0 Å². The zero-order valence-corrected chi connectivity index (χ0v) is 31.4. The Morgan fingerprint density at radius 3 is 1.98 bits per heavy atom. The molecule has 1 unspecified atom stereocenters. The molecule has 9 heteroatoms. The van der Waals surface area contributed by atoms with Gasteiger partial charge in [-0.3, -0.25) is 0 Å². The normalized spacial score (nSPS) is 36.8. The van der Waals surface area contributed by atoms with E-state index in [9.17, 15) is 0 Å². The number of ether oxygens (including phenoxy) is 3. The quantitative estimate of drug-likeness (QED) is 0.0815. The second-order valence-electron chi connectivity index (χ2n) is 16.6. The number of fused-ring (bicyclic) bond motifs is 5. The predicted molar refractivity (Wildman–Crippen MR) is 199 cm³/mol. The average Bonchev–Trinajstić information content (AvgIpc) is 3.44. The van der Waals surface area contributed by atoms with Crippen LogP contribution < -0.4 is 33.6 Å². The maximum atomic E-state index is 7.02. The fraction of sp³-hybridized carbons (Fsp3) is 1.00. The van der Waals surface area contributed by atoms with E-state index in [1.165, 1.54) is 51.4 Å². The van der Waals surface area contributed by atoms with Crippen LogP contribution in [0.3, 0.4) is 0 Å².